The predicted octanol–water partition coefficient (Wildman–Crippen LogP) is 2.94. The molecule has 0 spiro atoms. The average Bonchev–Trinajstić information content (AvgIpc) is 2.28. The normalized spacial score (nSPS) is 12.5. The van der Waals surface area contributed by atoms with Crippen LogP contribution in [0.25, 0.3) is 0 Å². The zero-order valence-electron chi connectivity index (χ0n) is 10.4. The second-order valence-electron chi connectivity index (χ2n) is 4.18. The number of carbonyl (C=O) groups excluding carboxylic acids is 1. The molecule has 0 aliphatic rings. The van der Waals surface area contributed by atoms with Crippen LogP contribution in [-0.2, 0) is 9.53 Å². The summed E-state index contributed by atoms with van der Waals surface area (Å²) in [5.41, 5.74) is 0.924. The van der Waals surface area contributed by atoms with Crippen LogP contribution >= 0.6 is 11.6 Å². The van der Waals surface area contributed by atoms with Crippen molar-refractivity contribution in [3.8, 4) is 0 Å². The number of esters is 1. The van der Waals surface area contributed by atoms with Crippen LogP contribution in [0.1, 0.15) is 31.9 Å². The van der Waals surface area contributed by atoms with E-state index in [1.165, 1.54) is 7.11 Å². The van der Waals surface area contributed by atoms with Gasteiger partial charge in [-0.05, 0) is 11.6 Å². The number of hydrogen-bond acceptors (Lipinski definition) is 3. The van der Waals surface area contributed by atoms with Crippen LogP contribution in [0.5, 0.6) is 0 Å². The summed E-state index contributed by atoms with van der Waals surface area (Å²) in [7, 11) is 1.39. The molecule has 3 nitrogen and oxygen atoms in total. The van der Waals surface area contributed by atoms with E-state index in [-0.39, 0.29) is 24.5 Å². The third-order valence-electron chi connectivity index (χ3n) is 2.41. The van der Waals surface area contributed by atoms with Crippen molar-refractivity contribution in [3.63, 3.8) is 0 Å². The Hall–Kier alpha value is -1.06. The zero-order valence-corrected chi connectivity index (χ0v) is 11.1. The number of ether oxygens (including phenoxy) is 1. The summed E-state index contributed by atoms with van der Waals surface area (Å²) in [6.45, 7) is 4.06. The SMILES string of the molecule is COC(=O)CC(NC(C)C)c1ccccc1Cl. The molecule has 0 aliphatic carbocycles. The van der Waals surface area contributed by atoms with E-state index in [0.717, 1.165) is 5.56 Å². The highest BCUT2D eigenvalue weighted by atomic mass is 35.5. The Balaban J connectivity index is 2.89. The number of halogens is 1. The van der Waals surface area contributed by atoms with E-state index < -0.39 is 0 Å². The van der Waals surface area contributed by atoms with Gasteiger partial charge < -0.3 is 10.1 Å². The largest absolute Gasteiger partial charge is 0.469 e. The molecule has 0 radical (unpaired) electrons. The van der Waals surface area contributed by atoms with Crippen LogP contribution in [0.4, 0.5) is 0 Å². The molecule has 4 heteroatoms. The Bertz CT molecular complexity index is 379. The minimum atomic E-state index is -0.247. The number of nitrogens with one attached hydrogen (secondary N) is 1. The average molecular weight is 256 g/mol. The van der Waals surface area contributed by atoms with Gasteiger partial charge in [-0.25, -0.2) is 0 Å². The van der Waals surface area contributed by atoms with Crippen LogP contribution in [-0.4, -0.2) is 19.1 Å². The molecule has 0 fully saturated rings. The molecule has 0 aromatic heterocycles. The quantitative estimate of drug-likeness (QED) is 0.822. The molecule has 0 heterocycles. The van der Waals surface area contributed by atoms with Gasteiger partial charge in [0.15, 0.2) is 0 Å². The molecule has 1 aromatic rings. The summed E-state index contributed by atoms with van der Waals surface area (Å²) < 4.78 is 4.70. The lowest BCUT2D eigenvalue weighted by Crippen LogP contribution is -2.30. The minimum absolute atomic E-state index is 0.115. The number of carbonyl (C=O) groups is 1. The van der Waals surface area contributed by atoms with E-state index in [4.69, 9.17) is 16.3 Å². The van der Waals surface area contributed by atoms with Gasteiger partial charge in [0.1, 0.15) is 0 Å². The summed E-state index contributed by atoms with van der Waals surface area (Å²) in [6.07, 6.45) is 0.276. The molecule has 0 saturated carbocycles. The van der Waals surface area contributed by atoms with Crippen molar-refractivity contribution in [2.24, 2.45) is 0 Å². The van der Waals surface area contributed by atoms with Gasteiger partial charge in [-0.15, -0.1) is 0 Å². The molecular weight excluding hydrogens is 238 g/mol. The fraction of sp³-hybridized carbons (Fsp3) is 0.462. The highest BCUT2D eigenvalue weighted by molar-refractivity contribution is 6.31. The van der Waals surface area contributed by atoms with E-state index in [1.807, 2.05) is 38.1 Å². The third kappa shape index (κ3) is 4.36. The van der Waals surface area contributed by atoms with Gasteiger partial charge in [-0.1, -0.05) is 43.6 Å². The smallest absolute Gasteiger partial charge is 0.307 e. The van der Waals surface area contributed by atoms with E-state index in [0.29, 0.717) is 5.02 Å². The van der Waals surface area contributed by atoms with Crippen molar-refractivity contribution < 1.29 is 9.53 Å². The predicted molar refractivity (Wildman–Crippen MR) is 69.1 cm³/mol. The maximum atomic E-state index is 11.4. The maximum Gasteiger partial charge on any atom is 0.307 e. The second-order valence-corrected chi connectivity index (χ2v) is 4.58. The molecule has 1 atom stereocenters. The fourth-order valence-corrected chi connectivity index (χ4v) is 1.94. The molecule has 94 valence electrons. The first kappa shape index (κ1) is 14.0. The summed E-state index contributed by atoms with van der Waals surface area (Å²) in [4.78, 5) is 11.4. The van der Waals surface area contributed by atoms with Gasteiger partial charge >= 0.3 is 5.97 Å². The van der Waals surface area contributed by atoms with Gasteiger partial charge in [0.05, 0.1) is 13.5 Å². The summed E-state index contributed by atoms with van der Waals surface area (Å²) in [5, 5.41) is 3.98. The summed E-state index contributed by atoms with van der Waals surface area (Å²) in [6, 6.07) is 7.68. The van der Waals surface area contributed by atoms with Crippen molar-refractivity contribution in [2.75, 3.05) is 7.11 Å². The molecule has 0 aliphatic heterocycles. The molecule has 1 N–H and O–H groups in total. The first-order valence-corrected chi connectivity index (χ1v) is 5.99. The molecule has 1 aromatic carbocycles. The second kappa shape index (κ2) is 6.62. The Morgan fingerprint density at radius 2 is 2.06 bits per heavy atom. The first-order valence-electron chi connectivity index (χ1n) is 5.62. The monoisotopic (exact) mass is 255 g/mol. The zero-order chi connectivity index (χ0) is 12.8. The van der Waals surface area contributed by atoms with Crippen LogP contribution < -0.4 is 5.32 Å². The third-order valence-corrected chi connectivity index (χ3v) is 2.76. The van der Waals surface area contributed by atoms with Crippen molar-refractivity contribution in [3.05, 3.63) is 34.9 Å². The highest BCUT2D eigenvalue weighted by Crippen LogP contribution is 2.25. The molecule has 1 unspecified atom stereocenters. The van der Waals surface area contributed by atoms with Gasteiger partial charge in [0, 0.05) is 17.1 Å². The summed E-state index contributed by atoms with van der Waals surface area (Å²) >= 11 is 6.14. The number of methoxy groups -OCH3 is 1. The van der Waals surface area contributed by atoms with E-state index >= 15 is 0 Å². The molecule has 0 saturated heterocycles. The van der Waals surface area contributed by atoms with Gasteiger partial charge in [-0.2, -0.15) is 0 Å². The van der Waals surface area contributed by atoms with E-state index in [1.54, 1.807) is 0 Å². The topological polar surface area (TPSA) is 38.3 Å². The minimum Gasteiger partial charge on any atom is -0.469 e. The Morgan fingerprint density at radius 1 is 1.41 bits per heavy atom. The maximum absolute atomic E-state index is 11.4. The van der Waals surface area contributed by atoms with Crippen LogP contribution in [0, 0.1) is 0 Å². The number of rotatable bonds is 5. The Kier molecular flexibility index (Phi) is 5.45. The van der Waals surface area contributed by atoms with Crippen molar-refractivity contribution in [2.45, 2.75) is 32.4 Å². The molecule has 1 rings (SSSR count). The number of hydrogen-bond donors (Lipinski definition) is 1. The fourth-order valence-electron chi connectivity index (χ4n) is 1.67. The van der Waals surface area contributed by atoms with Crippen molar-refractivity contribution in [1.82, 2.24) is 5.32 Å². The Labute approximate surface area is 107 Å². The van der Waals surface area contributed by atoms with Gasteiger partial charge in [0.2, 0.25) is 0 Å². The first-order chi connectivity index (χ1) is 8.04. The summed E-state index contributed by atoms with van der Waals surface area (Å²) in [5.74, 6) is -0.247. The molecule has 0 amide bonds. The van der Waals surface area contributed by atoms with Gasteiger partial charge in [0.25, 0.3) is 0 Å². The molecule has 0 bridgehead atoms. The van der Waals surface area contributed by atoms with Crippen LogP contribution in [0.2, 0.25) is 5.02 Å². The van der Waals surface area contributed by atoms with Crippen LogP contribution in [0.3, 0.4) is 0 Å². The van der Waals surface area contributed by atoms with Crippen molar-refractivity contribution in [1.29, 1.82) is 0 Å². The Morgan fingerprint density at radius 3 is 2.59 bits per heavy atom. The van der Waals surface area contributed by atoms with Crippen molar-refractivity contribution >= 4 is 17.6 Å². The lowest BCUT2D eigenvalue weighted by Gasteiger charge is -2.21. The van der Waals surface area contributed by atoms with E-state index in [2.05, 4.69) is 5.32 Å². The molecule has 17 heavy (non-hydrogen) atoms. The standard InChI is InChI=1S/C13H18ClNO2/c1-9(2)15-12(8-13(16)17-3)10-6-4-5-7-11(10)14/h4-7,9,12,15H,8H2,1-3H3. The van der Waals surface area contributed by atoms with Gasteiger partial charge in [-0.3, -0.25) is 4.79 Å². The lowest BCUT2D eigenvalue weighted by atomic mass is 10.0. The molecular formula is C13H18ClNO2. The highest BCUT2D eigenvalue weighted by Gasteiger charge is 2.19. The van der Waals surface area contributed by atoms with Crippen LogP contribution in [0.15, 0.2) is 24.3 Å². The number of benzene rings is 1. The lowest BCUT2D eigenvalue weighted by molar-refractivity contribution is -0.141. The van der Waals surface area contributed by atoms with E-state index in [9.17, 15) is 4.79 Å².